The molecular formula is C18H22N2O2. The number of rotatable bonds is 4. The van der Waals surface area contributed by atoms with E-state index < -0.39 is 0 Å². The molecule has 0 saturated heterocycles. The van der Waals surface area contributed by atoms with Crippen molar-refractivity contribution in [1.82, 2.24) is 9.78 Å². The molecule has 1 fully saturated rings. The van der Waals surface area contributed by atoms with Crippen molar-refractivity contribution in [3.8, 4) is 5.75 Å². The van der Waals surface area contributed by atoms with Gasteiger partial charge in [-0.1, -0.05) is 6.07 Å². The highest BCUT2D eigenvalue weighted by Crippen LogP contribution is 2.39. The summed E-state index contributed by atoms with van der Waals surface area (Å²) in [5.74, 6) is 1.39. The summed E-state index contributed by atoms with van der Waals surface area (Å²) in [7, 11) is 1.67. The van der Waals surface area contributed by atoms with Gasteiger partial charge in [-0.3, -0.25) is 4.79 Å². The molecule has 1 heterocycles. The average Bonchev–Trinajstić information content (AvgIpc) is 3.30. The fourth-order valence-electron chi connectivity index (χ4n) is 2.95. The maximum atomic E-state index is 12.3. The normalized spacial score (nSPS) is 14.2. The minimum absolute atomic E-state index is 0.0384. The molecule has 4 heteroatoms. The zero-order valence-corrected chi connectivity index (χ0v) is 13.6. The molecule has 0 N–H and O–H groups in total. The second kappa shape index (κ2) is 5.59. The van der Waals surface area contributed by atoms with E-state index in [9.17, 15) is 4.79 Å². The Balaban J connectivity index is 2.03. The van der Waals surface area contributed by atoms with Crippen molar-refractivity contribution in [2.24, 2.45) is 0 Å². The highest BCUT2D eigenvalue weighted by atomic mass is 16.5. The van der Waals surface area contributed by atoms with Crippen LogP contribution in [0.4, 0.5) is 0 Å². The van der Waals surface area contributed by atoms with Crippen molar-refractivity contribution in [1.29, 1.82) is 0 Å². The van der Waals surface area contributed by atoms with E-state index in [-0.39, 0.29) is 5.56 Å². The van der Waals surface area contributed by atoms with E-state index in [1.807, 2.05) is 26.0 Å². The number of nitrogens with zero attached hydrogens (tertiary/aromatic N) is 2. The van der Waals surface area contributed by atoms with Gasteiger partial charge in [-0.05, 0) is 61.9 Å². The average molecular weight is 298 g/mol. The molecule has 0 spiro atoms. The van der Waals surface area contributed by atoms with Crippen molar-refractivity contribution >= 4 is 0 Å². The molecule has 1 saturated carbocycles. The first kappa shape index (κ1) is 14.8. The minimum atomic E-state index is -0.0384. The largest absolute Gasteiger partial charge is 0.496 e. The van der Waals surface area contributed by atoms with Gasteiger partial charge in [-0.2, -0.15) is 5.10 Å². The number of hydrogen-bond acceptors (Lipinski definition) is 3. The summed E-state index contributed by atoms with van der Waals surface area (Å²) in [5.41, 5.74) is 5.40. The lowest BCUT2D eigenvalue weighted by molar-refractivity contribution is 0.410. The molecule has 22 heavy (non-hydrogen) atoms. The number of benzene rings is 1. The number of ether oxygens (including phenoxy) is 1. The van der Waals surface area contributed by atoms with Gasteiger partial charge in [0.1, 0.15) is 5.75 Å². The monoisotopic (exact) mass is 298 g/mol. The molecule has 1 aliphatic carbocycles. The van der Waals surface area contributed by atoms with Crippen molar-refractivity contribution < 1.29 is 4.74 Å². The van der Waals surface area contributed by atoms with Crippen LogP contribution in [0.15, 0.2) is 23.0 Å². The van der Waals surface area contributed by atoms with Crippen LogP contribution in [0.1, 0.15) is 46.7 Å². The third kappa shape index (κ3) is 2.65. The predicted molar refractivity (Wildman–Crippen MR) is 86.8 cm³/mol. The van der Waals surface area contributed by atoms with Gasteiger partial charge in [0.05, 0.1) is 19.3 Å². The Morgan fingerprint density at radius 2 is 1.95 bits per heavy atom. The van der Waals surface area contributed by atoms with Crippen molar-refractivity contribution in [3.63, 3.8) is 0 Å². The van der Waals surface area contributed by atoms with E-state index >= 15 is 0 Å². The van der Waals surface area contributed by atoms with E-state index in [0.717, 1.165) is 33.7 Å². The van der Waals surface area contributed by atoms with E-state index in [1.165, 1.54) is 12.8 Å². The van der Waals surface area contributed by atoms with Crippen LogP contribution in [0.25, 0.3) is 0 Å². The lowest BCUT2D eigenvalue weighted by atomic mass is 10.0. The maximum Gasteiger partial charge on any atom is 0.267 e. The van der Waals surface area contributed by atoms with Gasteiger partial charge in [0.25, 0.3) is 5.56 Å². The number of aryl methyl sites for hydroxylation is 2. The van der Waals surface area contributed by atoms with Crippen LogP contribution >= 0.6 is 0 Å². The van der Waals surface area contributed by atoms with Crippen molar-refractivity contribution in [3.05, 3.63) is 56.5 Å². The van der Waals surface area contributed by atoms with E-state index in [2.05, 4.69) is 12.0 Å². The van der Waals surface area contributed by atoms with Crippen LogP contribution in [0.2, 0.25) is 0 Å². The molecule has 4 nitrogen and oxygen atoms in total. The molecule has 116 valence electrons. The second-order valence-corrected chi connectivity index (χ2v) is 6.17. The van der Waals surface area contributed by atoms with Crippen LogP contribution in [0.3, 0.4) is 0 Å². The van der Waals surface area contributed by atoms with Crippen LogP contribution in [0, 0.1) is 20.8 Å². The second-order valence-electron chi connectivity index (χ2n) is 6.17. The molecule has 3 rings (SSSR count). The summed E-state index contributed by atoms with van der Waals surface area (Å²) >= 11 is 0. The Morgan fingerprint density at radius 3 is 2.59 bits per heavy atom. The van der Waals surface area contributed by atoms with Gasteiger partial charge < -0.3 is 4.74 Å². The molecule has 1 aliphatic rings. The van der Waals surface area contributed by atoms with Crippen LogP contribution in [-0.4, -0.2) is 16.9 Å². The highest BCUT2D eigenvalue weighted by Gasteiger charge is 2.27. The maximum absolute atomic E-state index is 12.3. The summed E-state index contributed by atoms with van der Waals surface area (Å²) in [6.45, 7) is 6.56. The number of hydrogen-bond donors (Lipinski definition) is 0. The van der Waals surface area contributed by atoms with Crippen LogP contribution < -0.4 is 10.3 Å². The SMILES string of the molecule is COc1ccc(C)c(Cn2nc(C3CC3)c(C)cc2=O)c1C. The molecule has 0 atom stereocenters. The molecule has 0 aliphatic heterocycles. The lowest BCUT2D eigenvalue weighted by Gasteiger charge is -2.15. The molecule has 1 aromatic heterocycles. The van der Waals surface area contributed by atoms with E-state index in [4.69, 9.17) is 4.74 Å². The van der Waals surface area contributed by atoms with E-state index in [1.54, 1.807) is 17.9 Å². The topological polar surface area (TPSA) is 44.1 Å². The third-order valence-electron chi connectivity index (χ3n) is 4.50. The Bertz CT molecular complexity index is 773. The quantitative estimate of drug-likeness (QED) is 0.871. The Kier molecular flexibility index (Phi) is 3.77. The summed E-state index contributed by atoms with van der Waals surface area (Å²) in [4.78, 5) is 12.3. The summed E-state index contributed by atoms with van der Waals surface area (Å²) < 4.78 is 6.98. The van der Waals surface area contributed by atoms with Crippen LogP contribution in [-0.2, 0) is 6.54 Å². The molecule has 0 amide bonds. The summed E-state index contributed by atoms with van der Waals surface area (Å²) in [6.07, 6.45) is 2.37. The fourth-order valence-corrected chi connectivity index (χ4v) is 2.95. The van der Waals surface area contributed by atoms with Crippen molar-refractivity contribution in [2.45, 2.75) is 46.1 Å². The highest BCUT2D eigenvalue weighted by molar-refractivity contribution is 5.44. The molecule has 0 radical (unpaired) electrons. The smallest absolute Gasteiger partial charge is 0.267 e. The van der Waals surface area contributed by atoms with Gasteiger partial charge in [0.15, 0.2) is 0 Å². The zero-order chi connectivity index (χ0) is 15.9. The number of aromatic nitrogens is 2. The molecule has 0 unspecified atom stereocenters. The van der Waals surface area contributed by atoms with E-state index in [0.29, 0.717) is 12.5 Å². The first-order valence-electron chi connectivity index (χ1n) is 7.73. The predicted octanol–water partition coefficient (Wildman–Crippen LogP) is 3.10. The van der Waals surface area contributed by atoms with Crippen molar-refractivity contribution in [2.75, 3.05) is 7.11 Å². The lowest BCUT2D eigenvalue weighted by Crippen LogP contribution is -2.25. The Labute approximate surface area is 130 Å². The summed E-state index contributed by atoms with van der Waals surface area (Å²) in [5, 5.41) is 4.63. The minimum Gasteiger partial charge on any atom is -0.496 e. The third-order valence-corrected chi connectivity index (χ3v) is 4.50. The zero-order valence-electron chi connectivity index (χ0n) is 13.6. The molecular weight excluding hydrogens is 276 g/mol. The molecule has 1 aromatic carbocycles. The Morgan fingerprint density at radius 1 is 1.23 bits per heavy atom. The van der Waals surface area contributed by atoms with Gasteiger partial charge in [0.2, 0.25) is 0 Å². The van der Waals surface area contributed by atoms with Gasteiger partial charge in [0, 0.05) is 12.0 Å². The summed E-state index contributed by atoms with van der Waals surface area (Å²) in [6, 6.07) is 5.71. The molecule has 2 aromatic rings. The Hall–Kier alpha value is -2.10. The van der Waals surface area contributed by atoms with Gasteiger partial charge in [-0.25, -0.2) is 4.68 Å². The first-order valence-corrected chi connectivity index (χ1v) is 7.73. The number of methoxy groups -OCH3 is 1. The van der Waals surface area contributed by atoms with Crippen LogP contribution in [0.5, 0.6) is 5.75 Å². The first-order chi connectivity index (χ1) is 10.5. The fraction of sp³-hybridized carbons (Fsp3) is 0.444. The standard InChI is InChI=1S/C18H22N2O2/c1-11-5-8-16(22-4)13(3)15(11)10-20-17(21)9-12(2)18(19-20)14-6-7-14/h5,8-9,14H,6-7,10H2,1-4H3. The van der Waals surface area contributed by atoms with Gasteiger partial charge in [-0.15, -0.1) is 0 Å². The molecule has 0 bridgehead atoms. The van der Waals surface area contributed by atoms with Gasteiger partial charge >= 0.3 is 0 Å².